The number of anilines is 1. The quantitative estimate of drug-likeness (QED) is 0.798. The lowest BCUT2D eigenvalue weighted by atomic mass is 10.2. The third kappa shape index (κ3) is 3.15. The molecule has 0 unspecified atom stereocenters. The molecule has 0 amide bonds. The van der Waals surface area contributed by atoms with E-state index in [1.807, 2.05) is 18.2 Å². The third-order valence-electron chi connectivity index (χ3n) is 2.90. The Kier molecular flexibility index (Phi) is 4.03. The van der Waals surface area contributed by atoms with Crippen LogP contribution in [0.1, 0.15) is 5.56 Å². The first-order chi connectivity index (χ1) is 10.2. The van der Waals surface area contributed by atoms with Crippen molar-refractivity contribution in [2.45, 2.75) is 6.54 Å². The van der Waals surface area contributed by atoms with Crippen LogP contribution in [-0.2, 0) is 6.54 Å². The van der Waals surface area contributed by atoms with Gasteiger partial charge in [0.1, 0.15) is 12.7 Å². The summed E-state index contributed by atoms with van der Waals surface area (Å²) < 4.78 is 1.60. The fraction of sp³-hybridized carbons (Fsp3) is 0.0714. The fourth-order valence-electron chi connectivity index (χ4n) is 1.90. The van der Waals surface area contributed by atoms with E-state index in [2.05, 4.69) is 20.4 Å². The molecule has 1 aromatic carbocycles. The predicted molar refractivity (Wildman–Crippen MR) is 82.9 cm³/mol. The first-order valence-corrected chi connectivity index (χ1v) is 6.97. The molecule has 0 saturated heterocycles. The molecule has 2 heterocycles. The molecule has 0 aliphatic heterocycles. The van der Waals surface area contributed by atoms with Gasteiger partial charge in [-0.3, -0.25) is 0 Å². The van der Waals surface area contributed by atoms with Crippen molar-refractivity contribution in [1.29, 1.82) is 0 Å². The number of aromatic nitrogens is 4. The molecule has 21 heavy (non-hydrogen) atoms. The number of benzene rings is 1. The standard InChI is InChI=1S/C14H11Cl2N5/c15-11-3-4-12(16)10(6-11)7-19-13-2-1-5-18-14(13)21-9-17-8-20-21/h1-6,8-9,19H,7H2. The second-order valence-corrected chi connectivity index (χ2v) is 5.15. The van der Waals surface area contributed by atoms with Crippen LogP contribution >= 0.6 is 23.2 Å². The molecular formula is C14H11Cl2N5. The largest absolute Gasteiger partial charge is 0.378 e. The van der Waals surface area contributed by atoms with Crippen LogP contribution < -0.4 is 5.32 Å². The zero-order chi connectivity index (χ0) is 14.7. The van der Waals surface area contributed by atoms with E-state index in [-0.39, 0.29) is 0 Å². The summed E-state index contributed by atoms with van der Waals surface area (Å²) in [4.78, 5) is 8.24. The van der Waals surface area contributed by atoms with Gasteiger partial charge in [-0.2, -0.15) is 5.10 Å². The number of nitrogens with one attached hydrogen (secondary N) is 1. The summed E-state index contributed by atoms with van der Waals surface area (Å²) in [5.74, 6) is 0.674. The van der Waals surface area contributed by atoms with Crippen molar-refractivity contribution < 1.29 is 0 Å². The van der Waals surface area contributed by atoms with Crippen molar-refractivity contribution in [3.63, 3.8) is 0 Å². The summed E-state index contributed by atoms with van der Waals surface area (Å²) in [7, 11) is 0. The number of hydrogen-bond donors (Lipinski definition) is 1. The van der Waals surface area contributed by atoms with Crippen molar-refractivity contribution in [3.8, 4) is 5.82 Å². The van der Waals surface area contributed by atoms with E-state index in [9.17, 15) is 0 Å². The number of hydrogen-bond acceptors (Lipinski definition) is 4. The Balaban J connectivity index is 1.84. The summed E-state index contributed by atoms with van der Waals surface area (Å²) in [6.07, 6.45) is 4.76. The van der Waals surface area contributed by atoms with E-state index in [0.29, 0.717) is 22.4 Å². The summed E-state index contributed by atoms with van der Waals surface area (Å²) in [5.41, 5.74) is 1.75. The van der Waals surface area contributed by atoms with Gasteiger partial charge < -0.3 is 5.32 Å². The zero-order valence-corrected chi connectivity index (χ0v) is 12.4. The molecule has 1 N–H and O–H groups in total. The molecule has 0 aliphatic carbocycles. The van der Waals surface area contributed by atoms with Gasteiger partial charge in [0.25, 0.3) is 0 Å². The lowest BCUT2D eigenvalue weighted by Gasteiger charge is -2.11. The van der Waals surface area contributed by atoms with Gasteiger partial charge in [-0.05, 0) is 35.9 Å². The maximum absolute atomic E-state index is 6.16. The minimum Gasteiger partial charge on any atom is -0.378 e. The molecule has 0 saturated carbocycles. The Hall–Kier alpha value is -2.11. The van der Waals surface area contributed by atoms with Gasteiger partial charge in [-0.15, -0.1) is 0 Å². The van der Waals surface area contributed by atoms with Crippen LogP contribution in [-0.4, -0.2) is 19.7 Å². The van der Waals surface area contributed by atoms with Crippen molar-refractivity contribution >= 4 is 28.9 Å². The maximum atomic E-state index is 6.16. The van der Waals surface area contributed by atoms with Crippen LogP contribution in [0.2, 0.25) is 10.0 Å². The summed E-state index contributed by atoms with van der Waals surface area (Å²) in [6.45, 7) is 0.535. The molecule has 3 aromatic rings. The van der Waals surface area contributed by atoms with Crippen molar-refractivity contribution in [1.82, 2.24) is 19.7 Å². The Morgan fingerprint density at radius 3 is 2.90 bits per heavy atom. The molecule has 7 heteroatoms. The first kappa shape index (κ1) is 13.9. The van der Waals surface area contributed by atoms with Crippen LogP contribution in [0.15, 0.2) is 49.2 Å². The third-order valence-corrected chi connectivity index (χ3v) is 3.50. The molecule has 106 valence electrons. The van der Waals surface area contributed by atoms with E-state index in [0.717, 1.165) is 11.3 Å². The summed E-state index contributed by atoms with van der Waals surface area (Å²) >= 11 is 12.1. The zero-order valence-electron chi connectivity index (χ0n) is 10.9. The molecule has 0 atom stereocenters. The van der Waals surface area contributed by atoms with Gasteiger partial charge in [0.05, 0.1) is 5.69 Å². The fourth-order valence-corrected chi connectivity index (χ4v) is 2.28. The van der Waals surface area contributed by atoms with E-state index in [1.54, 1.807) is 29.3 Å². The smallest absolute Gasteiger partial charge is 0.178 e. The minimum absolute atomic E-state index is 0.535. The van der Waals surface area contributed by atoms with Gasteiger partial charge in [-0.25, -0.2) is 14.6 Å². The number of pyridine rings is 1. The predicted octanol–water partition coefficient (Wildman–Crippen LogP) is 3.58. The minimum atomic E-state index is 0.535. The summed E-state index contributed by atoms with van der Waals surface area (Å²) in [6, 6.07) is 9.15. The molecule has 0 aliphatic rings. The Labute approximate surface area is 131 Å². The second kappa shape index (κ2) is 6.11. The Bertz CT molecular complexity index is 743. The van der Waals surface area contributed by atoms with Crippen LogP contribution in [0.3, 0.4) is 0 Å². The molecule has 0 radical (unpaired) electrons. The number of halogens is 2. The van der Waals surface area contributed by atoms with E-state index in [1.165, 1.54) is 6.33 Å². The highest BCUT2D eigenvalue weighted by molar-refractivity contribution is 6.33. The highest BCUT2D eigenvalue weighted by Crippen LogP contribution is 2.23. The van der Waals surface area contributed by atoms with Crippen LogP contribution in [0.5, 0.6) is 0 Å². The lowest BCUT2D eigenvalue weighted by molar-refractivity contribution is 0.844. The average Bonchev–Trinajstić information content (AvgIpc) is 3.03. The van der Waals surface area contributed by atoms with Gasteiger partial charge in [-0.1, -0.05) is 23.2 Å². The molecule has 0 bridgehead atoms. The van der Waals surface area contributed by atoms with Crippen molar-refractivity contribution in [3.05, 3.63) is 64.8 Å². The molecular weight excluding hydrogens is 309 g/mol. The van der Waals surface area contributed by atoms with Crippen LogP contribution in [0, 0.1) is 0 Å². The van der Waals surface area contributed by atoms with Crippen molar-refractivity contribution in [2.24, 2.45) is 0 Å². The van der Waals surface area contributed by atoms with E-state index < -0.39 is 0 Å². The van der Waals surface area contributed by atoms with E-state index >= 15 is 0 Å². The Morgan fingerprint density at radius 1 is 1.19 bits per heavy atom. The van der Waals surface area contributed by atoms with Gasteiger partial charge in [0, 0.05) is 22.8 Å². The molecule has 0 spiro atoms. The van der Waals surface area contributed by atoms with Crippen LogP contribution in [0.25, 0.3) is 5.82 Å². The van der Waals surface area contributed by atoms with E-state index in [4.69, 9.17) is 23.2 Å². The highest BCUT2D eigenvalue weighted by Gasteiger charge is 2.07. The number of nitrogens with zero attached hydrogens (tertiary/aromatic N) is 4. The van der Waals surface area contributed by atoms with Gasteiger partial charge >= 0.3 is 0 Å². The van der Waals surface area contributed by atoms with Gasteiger partial charge in [0.15, 0.2) is 5.82 Å². The topological polar surface area (TPSA) is 55.6 Å². The lowest BCUT2D eigenvalue weighted by Crippen LogP contribution is -2.07. The second-order valence-electron chi connectivity index (χ2n) is 4.30. The molecule has 0 fully saturated rings. The van der Waals surface area contributed by atoms with Gasteiger partial charge in [0.2, 0.25) is 0 Å². The summed E-state index contributed by atoms with van der Waals surface area (Å²) in [5, 5.41) is 8.70. The van der Waals surface area contributed by atoms with Crippen molar-refractivity contribution in [2.75, 3.05) is 5.32 Å². The monoisotopic (exact) mass is 319 g/mol. The Morgan fingerprint density at radius 2 is 2.10 bits per heavy atom. The maximum Gasteiger partial charge on any atom is 0.178 e. The first-order valence-electron chi connectivity index (χ1n) is 6.22. The highest BCUT2D eigenvalue weighted by atomic mass is 35.5. The normalized spacial score (nSPS) is 10.6. The SMILES string of the molecule is Clc1ccc(Cl)c(CNc2cccnc2-n2cncn2)c1. The number of rotatable bonds is 4. The molecule has 3 rings (SSSR count). The average molecular weight is 320 g/mol. The molecule has 2 aromatic heterocycles. The molecule has 5 nitrogen and oxygen atoms in total. The van der Waals surface area contributed by atoms with Crippen LogP contribution in [0.4, 0.5) is 5.69 Å².